The van der Waals surface area contributed by atoms with Crippen LogP contribution in [-0.4, -0.2) is 16.0 Å². The Morgan fingerprint density at radius 1 is 1.30 bits per heavy atom. The Bertz CT molecular complexity index is 774. The molecule has 1 aromatic heterocycles. The molecule has 0 spiro atoms. The van der Waals surface area contributed by atoms with Crippen LogP contribution in [0.3, 0.4) is 0 Å². The van der Waals surface area contributed by atoms with Gasteiger partial charge < -0.3 is 9.88 Å². The molecule has 5 rings (SSSR count). The van der Waals surface area contributed by atoms with Crippen LogP contribution >= 0.6 is 0 Å². The molecule has 3 aliphatic carbocycles. The summed E-state index contributed by atoms with van der Waals surface area (Å²) in [6.07, 6.45) is 3.23. The average Bonchev–Trinajstić information content (AvgIpc) is 2.36. The summed E-state index contributed by atoms with van der Waals surface area (Å²) < 4.78 is 1.55. The van der Waals surface area contributed by atoms with Gasteiger partial charge in [-0.05, 0) is 42.7 Å². The van der Waals surface area contributed by atoms with E-state index >= 15 is 0 Å². The number of rotatable bonds is 2. The number of hydrogen-bond acceptors (Lipinski definition) is 2. The topological polar surface area (TPSA) is 51.1 Å². The van der Waals surface area contributed by atoms with Gasteiger partial charge in [0.25, 0.3) is 11.5 Å². The molecule has 0 unspecified atom stereocenters. The van der Waals surface area contributed by atoms with E-state index in [9.17, 15) is 9.59 Å². The summed E-state index contributed by atoms with van der Waals surface area (Å²) in [6, 6.07) is 9.32. The van der Waals surface area contributed by atoms with Gasteiger partial charge in [-0.15, -0.1) is 0 Å². The van der Waals surface area contributed by atoms with E-state index in [-0.39, 0.29) is 22.6 Å². The second-order valence-electron chi connectivity index (χ2n) is 6.19. The molecule has 4 nitrogen and oxygen atoms in total. The van der Waals surface area contributed by atoms with Crippen LogP contribution in [0.2, 0.25) is 0 Å². The maximum Gasteiger partial charge on any atom is 0.263 e. The van der Waals surface area contributed by atoms with Crippen molar-refractivity contribution in [2.75, 3.05) is 0 Å². The van der Waals surface area contributed by atoms with Crippen LogP contribution in [0.4, 0.5) is 0 Å². The second kappa shape index (κ2) is 3.72. The fraction of sp³-hybridized carbons (Fsp3) is 0.375. The number of benzene rings is 1. The first-order valence-corrected chi connectivity index (χ1v) is 6.99. The Morgan fingerprint density at radius 2 is 2.00 bits per heavy atom. The predicted octanol–water partition coefficient (Wildman–Crippen LogP) is 1.82. The molecule has 3 saturated carbocycles. The highest BCUT2D eigenvalue weighted by molar-refractivity contribution is 5.98. The molecule has 0 radical (unpaired) electrons. The third-order valence-corrected chi connectivity index (χ3v) is 4.79. The third kappa shape index (κ3) is 1.48. The first-order chi connectivity index (χ1) is 9.58. The zero-order valence-electron chi connectivity index (χ0n) is 11.3. The van der Waals surface area contributed by atoms with Gasteiger partial charge in [0.15, 0.2) is 0 Å². The smallest absolute Gasteiger partial charge is 0.263 e. The predicted molar refractivity (Wildman–Crippen MR) is 76.7 cm³/mol. The lowest BCUT2D eigenvalue weighted by atomic mass is 9.50. The van der Waals surface area contributed by atoms with E-state index < -0.39 is 0 Å². The number of pyridine rings is 1. The van der Waals surface area contributed by atoms with Crippen LogP contribution in [0.25, 0.3) is 10.9 Å². The van der Waals surface area contributed by atoms with Crippen molar-refractivity contribution in [2.45, 2.75) is 24.8 Å². The Hall–Kier alpha value is -2.10. The first-order valence-electron chi connectivity index (χ1n) is 6.99. The van der Waals surface area contributed by atoms with Crippen LogP contribution in [0.15, 0.2) is 35.1 Å². The maximum absolute atomic E-state index is 12.4. The van der Waals surface area contributed by atoms with Crippen molar-refractivity contribution in [2.24, 2.45) is 13.0 Å². The van der Waals surface area contributed by atoms with E-state index in [0.29, 0.717) is 0 Å². The minimum atomic E-state index is -0.229. The molecule has 102 valence electrons. The molecule has 0 aliphatic heterocycles. The zero-order chi connectivity index (χ0) is 13.9. The van der Waals surface area contributed by atoms with Crippen LogP contribution in [-0.2, 0) is 7.05 Å². The van der Waals surface area contributed by atoms with Gasteiger partial charge in [0.1, 0.15) is 5.56 Å². The van der Waals surface area contributed by atoms with Gasteiger partial charge in [-0.1, -0.05) is 18.2 Å². The number of carbonyl (C=O) groups is 1. The SMILES string of the molecule is Cn1c(=O)c(C(=O)NC23CC(C2)C3)cc2ccccc21. The third-order valence-electron chi connectivity index (χ3n) is 4.79. The van der Waals surface area contributed by atoms with Gasteiger partial charge in [-0.25, -0.2) is 0 Å². The monoisotopic (exact) mass is 268 g/mol. The van der Waals surface area contributed by atoms with E-state index in [4.69, 9.17) is 0 Å². The van der Waals surface area contributed by atoms with Crippen molar-refractivity contribution >= 4 is 16.8 Å². The number of para-hydroxylation sites is 1. The molecular formula is C16H16N2O2. The van der Waals surface area contributed by atoms with Crippen molar-refractivity contribution in [3.05, 3.63) is 46.2 Å². The standard InChI is InChI=1S/C16H16N2O2/c1-18-13-5-3-2-4-11(13)6-12(15(18)20)14(19)17-16-7-10(8-16)9-16/h2-6,10H,7-9H2,1H3,(H,17,19). The largest absolute Gasteiger partial charge is 0.346 e. The molecule has 0 saturated heterocycles. The van der Waals surface area contributed by atoms with Gasteiger partial charge in [-0.3, -0.25) is 9.59 Å². The van der Waals surface area contributed by atoms with Crippen LogP contribution < -0.4 is 10.9 Å². The number of aromatic nitrogens is 1. The Balaban J connectivity index is 1.77. The van der Waals surface area contributed by atoms with Crippen molar-refractivity contribution in [3.63, 3.8) is 0 Å². The quantitative estimate of drug-likeness (QED) is 0.903. The minimum absolute atomic E-state index is 0.00158. The lowest BCUT2D eigenvalue weighted by Crippen LogP contribution is -2.68. The molecule has 2 aromatic rings. The van der Waals surface area contributed by atoms with Gasteiger partial charge in [-0.2, -0.15) is 0 Å². The second-order valence-corrected chi connectivity index (χ2v) is 6.19. The number of hydrogen-bond donors (Lipinski definition) is 1. The summed E-state index contributed by atoms with van der Waals surface area (Å²) in [5, 5.41) is 3.97. The summed E-state index contributed by atoms with van der Waals surface area (Å²) in [5.41, 5.74) is 0.863. The number of carbonyl (C=O) groups excluding carboxylic acids is 1. The van der Waals surface area contributed by atoms with Crippen molar-refractivity contribution in [1.29, 1.82) is 0 Å². The van der Waals surface area contributed by atoms with Crippen molar-refractivity contribution in [3.8, 4) is 0 Å². The minimum Gasteiger partial charge on any atom is -0.346 e. The summed E-state index contributed by atoms with van der Waals surface area (Å²) in [4.78, 5) is 24.7. The number of nitrogens with one attached hydrogen (secondary N) is 1. The molecule has 3 aliphatic rings. The van der Waals surface area contributed by atoms with Gasteiger partial charge in [0, 0.05) is 12.6 Å². The maximum atomic E-state index is 12.4. The Labute approximate surface area is 116 Å². The van der Waals surface area contributed by atoms with Crippen molar-refractivity contribution in [1.82, 2.24) is 9.88 Å². The number of aryl methyl sites for hydroxylation is 1. The molecule has 0 atom stereocenters. The number of nitrogens with zero attached hydrogens (tertiary/aromatic N) is 1. The van der Waals surface area contributed by atoms with E-state index in [2.05, 4.69) is 5.32 Å². The molecular weight excluding hydrogens is 252 g/mol. The molecule has 1 N–H and O–H groups in total. The van der Waals surface area contributed by atoms with Gasteiger partial charge in [0.05, 0.1) is 5.52 Å². The average molecular weight is 268 g/mol. The normalized spacial score (nSPS) is 26.8. The molecule has 1 heterocycles. The lowest BCUT2D eigenvalue weighted by molar-refractivity contribution is -0.0438. The fourth-order valence-corrected chi connectivity index (χ4v) is 3.52. The zero-order valence-corrected chi connectivity index (χ0v) is 11.3. The molecule has 4 heteroatoms. The molecule has 20 heavy (non-hydrogen) atoms. The van der Waals surface area contributed by atoms with E-state index in [1.54, 1.807) is 17.7 Å². The van der Waals surface area contributed by atoms with Crippen molar-refractivity contribution < 1.29 is 4.79 Å². The van der Waals surface area contributed by atoms with Crippen LogP contribution in [0.1, 0.15) is 29.6 Å². The summed E-state index contributed by atoms with van der Waals surface area (Å²) in [5.74, 6) is 0.573. The first kappa shape index (κ1) is 11.7. The van der Waals surface area contributed by atoms with Gasteiger partial charge in [0.2, 0.25) is 0 Å². The molecule has 1 amide bonds. The Kier molecular flexibility index (Phi) is 2.18. The molecule has 3 fully saturated rings. The summed E-state index contributed by atoms with van der Waals surface area (Å²) in [7, 11) is 1.71. The lowest BCUT2D eigenvalue weighted by Gasteiger charge is -2.61. The summed E-state index contributed by atoms with van der Waals surface area (Å²) in [6.45, 7) is 0. The number of amides is 1. The summed E-state index contributed by atoms with van der Waals surface area (Å²) >= 11 is 0. The van der Waals surface area contributed by atoms with E-state index in [0.717, 1.165) is 36.1 Å². The molecule has 1 aromatic carbocycles. The van der Waals surface area contributed by atoms with Gasteiger partial charge >= 0.3 is 0 Å². The highest BCUT2D eigenvalue weighted by atomic mass is 16.2. The van der Waals surface area contributed by atoms with E-state index in [1.165, 1.54) is 0 Å². The number of fused-ring (bicyclic) bond motifs is 1. The highest BCUT2D eigenvalue weighted by Crippen LogP contribution is 2.56. The van der Waals surface area contributed by atoms with E-state index in [1.807, 2.05) is 24.3 Å². The molecule has 2 bridgehead atoms. The van der Waals surface area contributed by atoms with Crippen LogP contribution in [0, 0.1) is 5.92 Å². The highest BCUT2D eigenvalue weighted by Gasteiger charge is 2.57. The fourth-order valence-electron chi connectivity index (χ4n) is 3.52. The Morgan fingerprint density at radius 3 is 2.65 bits per heavy atom. The van der Waals surface area contributed by atoms with Crippen LogP contribution in [0.5, 0.6) is 0 Å².